The molecule has 3 nitrogen and oxygen atoms in total. The molecule has 0 aliphatic heterocycles. The second-order valence-electron chi connectivity index (χ2n) is 5.05. The normalized spacial score (nSPS) is 11.3. The lowest BCUT2D eigenvalue weighted by molar-refractivity contribution is 0.252. The van der Waals surface area contributed by atoms with E-state index in [0.717, 1.165) is 10.4 Å². The van der Waals surface area contributed by atoms with Gasteiger partial charge in [0.25, 0.3) is 11.3 Å². The molecule has 130 valence electrons. The molecule has 0 saturated carbocycles. The van der Waals surface area contributed by atoms with Crippen molar-refractivity contribution >= 4 is 45.1 Å². The molecule has 8 heteroatoms. The van der Waals surface area contributed by atoms with Crippen LogP contribution in [0.25, 0.3) is 10.2 Å². The van der Waals surface area contributed by atoms with Gasteiger partial charge in [0.15, 0.2) is 5.16 Å². The molecule has 0 aliphatic rings. The molecule has 0 amide bonds. The van der Waals surface area contributed by atoms with E-state index < -0.39 is 5.76 Å². The zero-order chi connectivity index (χ0) is 17.8. The molecule has 0 fully saturated rings. The van der Waals surface area contributed by atoms with E-state index in [2.05, 4.69) is 11.6 Å². The first-order chi connectivity index (χ1) is 12.1. The van der Waals surface area contributed by atoms with Crippen LogP contribution in [-0.2, 0) is 12.3 Å². The number of hydrogen-bond acceptors (Lipinski definition) is 5. The van der Waals surface area contributed by atoms with Crippen LogP contribution in [0.15, 0.2) is 63.2 Å². The zero-order valence-corrected chi connectivity index (χ0v) is 15.5. The molecule has 3 rings (SSSR count). The van der Waals surface area contributed by atoms with E-state index in [1.807, 2.05) is 17.5 Å². The highest BCUT2D eigenvalue weighted by Gasteiger charge is 2.12. The number of halogens is 2. The molecule has 25 heavy (non-hydrogen) atoms. The van der Waals surface area contributed by atoms with Gasteiger partial charge >= 0.3 is 0 Å². The van der Waals surface area contributed by atoms with Crippen molar-refractivity contribution in [2.75, 3.05) is 0 Å². The molecule has 0 bridgehead atoms. The van der Waals surface area contributed by atoms with Crippen LogP contribution in [0, 0.1) is 0 Å². The largest absolute Gasteiger partial charge is 0.288 e. The van der Waals surface area contributed by atoms with Gasteiger partial charge in [0.1, 0.15) is 4.83 Å². The molecule has 0 N–H and O–H groups in total. The fourth-order valence-electron chi connectivity index (χ4n) is 2.25. The summed E-state index contributed by atoms with van der Waals surface area (Å²) in [5, 5.41) is 3.10. The van der Waals surface area contributed by atoms with E-state index in [1.165, 1.54) is 23.1 Å². The minimum atomic E-state index is -2.42. The Morgan fingerprint density at radius 2 is 2.04 bits per heavy atom. The van der Waals surface area contributed by atoms with Crippen LogP contribution < -0.4 is 5.56 Å². The van der Waals surface area contributed by atoms with Gasteiger partial charge in [-0.1, -0.05) is 41.7 Å². The van der Waals surface area contributed by atoms with Crippen LogP contribution in [0.2, 0.25) is 0 Å². The van der Waals surface area contributed by atoms with Crippen molar-refractivity contribution in [2.24, 2.45) is 0 Å². The van der Waals surface area contributed by atoms with Gasteiger partial charge in [-0.15, -0.1) is 17.9 Å². The molecule has 0 radical (unpaired) electrons. The Hall–Kier alpha value is -1.64. The van der Waals surface area contributed by atoms with Gasteiger partial charge in [0, 0.05) is 17.2 Å². The second-order valence-corrected chi connectivity index (χ2v) is 7.95. The summed E-state index contributed by atoms with van der Waals surface area (Å²) in [5.74, 6) is -1.82. The third-order valence-electron chi connectivity index (χ3n) is 3.38. The van der Waals surface area contributed by atoms with E-state index in [0.29, 0.717) is 39.5 Å². The summed E-state index contributed by atoms with van der Waals surface area (Å²) in [6, 6.07) is 8.77. The van der Waals surface area contributed by atoms with E-state index in [4.69, 9.17) is 0 Å². The highest BCUT2D eigenvalue weighted by atomic mass is 32.2. The number of allylic oxidation sites excluding steroid dienone is 1. The summed E-state index contributed by atoms with van der Waals surface area (Å²) in [7, 11) is 0. The number of benzene rings is 1. The molecule has 0 saturated heterocycles. The lowest BCUT2D eigenvalue weighted by Crippen LogP contribution is -2.22. The highest BCUT2D eigenvalue weighted by molar-refractivity contribution is 7.99. The molecule has 2 heterocycles. The van der Waals surface area contributed by atoms with Crippen LogP contribution in [0.1, 0.15) is 5.56 Å². The maximum atomic E-state index is 12.6. The monoisotopic (exact) mass is 396 g/mol. The van der Waals surface area contributed by atoms with E-state index in [-0.39, 0.29) is 5.56 Å². The van der Waals surface area contributed by atoms with E-state index in [9.17, 15) is 13.6 Å². The fraction of sp³-hybridized carbons (Fsp3) is 0.176. The fourth-order valence-corrected chi connectivity index (χ4v) is 4.51. The molecule has 0 unspecified atom stereocenters. The Labute approximate surface area is 155 Å². The predicted octanol–water partition coefficient (Wildman–Crippen LogP) is 5.25. The Morgan fingerprint density at radius 1 is 1.28 bits per heavy atom. The molecular weight excluding hydrogens is 382 g/mol. The van der Waals surface area contributed by atoms with Crippen molar-refractivity contribution in [1.82, 2.24) is 9.55 Å². The highest BCUT2D eigenvalue weighted by Crippen LogP contribution is 2.28. The predicted molar refractivity (Wildman–Crippen MR) is 102 cm³/mol. The van der Waals surface area contributed by atoms with Crippen molar-refractivity contribution in [3.8, 4) is 0 Å². The molecule has 0 spiro atoms. The molecule has 2 aromatic heterocycles. The van der Waals surface area contributed by atoms with Crippen LogP contribution in [0.3, 0.4) is 0 Å². The number of aromatic nitrogens is 2. The molecule has 0 aliphatic carbocycles. The Bertz CT molecular complexity index is 935. The molecule has 3 aromatic rings. The number of rotatable bonds is 7. The number of nitrogens with zero attached hydrogens (tertiary/aromatic N) is 2. The number of alkyl halides is 2. The van der Waals surface area contributed by atoms with Crippen molar-refractivity contribution in [3.05, 3.63) is 64.3 Å². The van der Waals surface area contributed by atoms with Gasteiger partial charge in [-0.3, -0.25) is 9.36 Å². The first kappa shape index (κ1) is 18.2. The molecule has 1 aromatic carbocycles. The number of fused-ring (bicyclic) bond motifs is 1. The lowest BCUT2D eigenvalue weighted by Gasteiger charge is -2.10. The van der Waals surface area contributed by atoms with Gasteiger partial charge in [-0.25, -0.2) is 4.98 Å². The Balaban J connectivity index is 1.81. The SMILES string of the molecule is C=CCn1c(SCc2ccc(SC(F)F)cc2)nc2sccc2c1=O. The van der Waals surface area contributed by atoms with Crippen LogP contribution in [0.5, 0.6) is 0 Å². The maximum absolute atomic E-state index is 12.6. The minimum Gasteiger partial charge on any atom is -0.283 e. The van der Waals surface area contributed by atoms with Gasteiger partial charge in [-0.2, -0.15) is 8.78 Å². The topological polar surface area (TPSA) is 34.9 Å². The number of thioether (sulfide) groups is 2. The lowest BCUT2D eigenvalue weighted by atomic mass is 10.2. The molecule has 0 atom stereocenters. The van der Waals surface area contributed by atoms with Crippen LogP contribution in [-0.4, -0.2) is 15.3 Å². The Kier molecular flexibility index (Phi) is 5.93. The Morgan fingerprint density at radius 3 is 2.72 bits per heavy atom. The van der Waals surface area contributed by atoms with Crippen molar-refractivity contribution < 1.29 is 8.78 Å². The first-order valence-corrected chi connectivity index (χ1v) is 10.1. The third-order valence-corrected chi connectivity index (χ3v) is 5.95. The minimum absolute atomic E-state index is 0.0719. The van der Waals surface area contributed by atoms with Gasteiger partial charge in [0.05, 0.1) is 5.39 Å². The quantitative estimate of drug-likeness (QED) is 0.310. The number of thiophene rings is 1. The average Bonchev–Trinajstić information content (AvgIpc) is 3.05. The van der Waals surface area contributed by atoms with Crippen molar-refractivity contribution in [1.29, 1.82) is 0 Å². The summed E-state index contributed by atoms with van der Waals surface area (Å²) in [5.41, 5.74) is 0.909. The summed E-state index contributed by atoms with van der Waals surface area (Å²) in [6.07, 6.45) is 1.67. The number of hydrogen-bond donors (Lipinski definition) is 0. The van der Waals surface area contributed by atoms with Gasteiger partial charge in [-0.05, 0) is 29.1 Å². The van der Waals surface area contributed by atoms with Gasteiger partial charge < -0.3 is 0 Å². The summed E-state index contributed by atoms with van der Waals surface area (Å²) in [6.45, 7) is 4.09. The summed E-state index contributed by atoms with van der Waals surface area (Å²) >= 11 is 3.41. The van der Waals surface area contributed by atoms with Crippen LogP contribution in [0.4, 0.5) is 8.78 Å². The van der Waals surface area contributed by atoms with Crippen LogP contribution >= 0.6 is 34.9 Å². The molecular formula is C17H14F2N2OS3. The first-order valence-electron chi connectivity index (χ1n) is 7.34. The average molecular weight is 397 g/mol. The summed E-state index contributed by atoms with van der Waals surface area (Å²) < 4.78 is 26.3. The van der Waals surface area contributed by atoms with Gasteiger partial charge in [0.2, 0.25) is 0 Å². The van der Waals surface area contributed by atoms with Crippen molar-refractivity contribution in [2.45, 2.75) is 28.1 Å². The zero-order valence-electron chi connectivity index (χ0n) is 13.0. The van der Waals surface area contributed by atoms with E-state index >= 15 is 0 Å². The summed E-state index contributed by atoms with van der Waals surface area (Å²) in [4.78, 5) is 18.4. The third kappa shape index (κ3) is 4.31. The second kappa shape index (κ2) is 8.16. The standard InChI is InChI=1S/C17H14F2N2OS3/c1-2-8-21-15(22)13-7-9-23-14(13)20-17(21)24-10-11-3-5-12(6-4-11)25-16(18)19/h2-7,9,16H,1,8,10H2. The smallest absolute Gasteiger partial charge is 0.283 e. The van der Waals surface area contributed by atoms with E-state index in [1.54, 1.807) is 28.8 Å². The van der Waals surface area contributed by atoms with Crippen molar-refractivity contribution in [3.63, 3.8) is 0 Å². The maximum Gasteiger partial charge on any atom is 0.288 e.